The van der Waals surface area contributed by atoms with E-state index in [0.29, 0.717) is 5.02 Å². The highest BCUT2D eigenvalue weighted by Crippen LogP contribution is 2.34. The molecule has 2 nitrogen and oxygen atoms in total. The molecule has 2 aromatic carbocycles. The van der Waals surface area contributed by atoms with Crippen molar-refractivity contribution in [3.05, 3.63) is 58.1 Å². The third-order valence-electron chi connectivity index (χ3n) is 3.05. The number of nitrogens with one attached hydrogen (secondary N) is 1. The van der Waals surface area contributed by atoms with Gasteiger partial charge in [0.25, 0.3) is 0 Å². The van der Waals surface area contributed by atoms with Crippen LogP contribution in [-0.2, 0) is 11.0 Å². The van der Waals surface area contributed by atoms with Crippen LogP contribution in [0.2, 0.25) is 10.0 Å². The second-order valence-corrected chi connectivity index (χ2v) is 7.15. The number of hydrogen-bond acceptors (Lipinski definition) is 2. The lowest BCUT2D eigenvalue weighted by molar-refractivity contribution is -0.137. The summed E-state index contributed by atoms with van der Waals surface area (Å²) in [4.78, 5) is 13.0. The summed E-state index contributed by atoms with van der Waals surface area (Å²) in [6.45, 7) is 1.65. The molecule has 0 spiro atoms. The van der Waals surface area contributed by atoms with Gasteiger partial charge in [0, 0.05) is 9.92 Å². The molecule has 2 aromatic rings. The highest BCUT2D eigenvalue weighted by Gasteiger charge is 2.31. The average Bonchev–Trinajstić information content (AvgIpc) is 2.50. The van der Waals surface area contributed by atoms with Gasteiger partial charge in [0.05, 0.1) is 21.5 Å². The molecule has 128 valence electrons. The van der Waals surface area contributed by atoms with E-state index in [4.69, 9.17) is 23.2 Å². The van der Waals surface area contributed by atoms with Crippen molar-refractivity contribution in [2.45, 2.75) is 23.2 Å². The van der Waals surface area contributed by atoms with Crippen molar-refractivity contribution in [2.24, 2.45) is 0 Å². The van der Waals surface area contributed by atoms with E-state index in [1.807, 2.05) is 0 Å². The van der Waals surface area contributed by atoms with Crippen molar-refractivity contribution in [1.82, 2.24) is 0 Å². The van der Waals surface area contributed by atoms with Crippen LogP contribution < -0.4 is 5.32 Å². The van der Waals surface area contributed by atoms with Gasteiger partial charge in [-0.2, -0.15) is 13.2 Å². The Morgan fingerprint density at radius 2 is 1.75 bits per heavy atom. The van der Waals surface area contributed by atoms with Crippen LogP contribution in [0.1, 0.15) is 12.5 Å². The van der Waals surface area contributed by atoms with Gasteiger partial charge in [0.15, 0.2) is 0 Å². The highest BCUT2D eigenvalue weighted by molar-refractivity contribution is 8.00. The maximum atomic E-state index is 12.7. The smallest absolute Gasteiger partial charge is 0.324 e. The maximum absolute atomic E-state index is 12.7. The molecule has 1 N–H and O–H groups in total. The lowest BCUT2D eigenvalue weighted by Crippen LogP contribution is -2.22. The second kappa shape index (κ2) is 7.68. The van der Waals surface area contributed by atoms with Gasteiger partial charge in [-0.15, -0.1) is 11.8 Å². The van der Waals surface area contributed by atoms with Crippen molar-refractivity contribution in [2.75, 3.05) is 5.32 Å². The zero-order valence-electron chi connectivity index (χ0n) is 12.3. The maximum Gasteiger partial charge on any atom is 0.416 e. The number of hydrogen-bond donors (Lipinski definition) is 1. The molecule has 1 amide bonds. The van der Waals surface area contributed by atoms with Crippen LogP contribution in [0.3, 0.4) is 0 Å². The molecule has 0 fully saturated rings. The molecule has 2 rings (SSSR count). The molecule has 0 saturated carbocycles. The fraction of sp³-hybridized carbons (Fsp3) is 0.188. The minimum Gasteiger partial charge on any atom is -0.324 e. The standard InChI is InChI=1S/C16H12Cl2F3NOS/c1-9(24-12-5-3-11(17)4-6-12)15(23)22-14-8-10(16(19,20)21)2-7-13(14)18/h2-9H,1H3,(H,22,23)/t9-/m1/s1. The van der Waals surface area contributed by atoms with E-state index in [1.54, 1.807) is 31.2 Å². The van der Waals surface area contributed by atoms with Crippen molar-refractivity contribution in [3.63, 3.8) is 0 Å². The predicted octanol–water partition coefficient (Wildman–Crippen LogP) is 6.13. The summed E-state index contributed by atoms with van der Waals surface area (Å²) in [7, 11) is 0. The van der Waals surface area contributed by atoms with Gasteiger partial charge in [0.2, 0.25) is 5.91 Å². The number of benzene rings is 2. The van der Waals surface area contributed by atoms with Gasteiger partial charge >= 0.3 is 6.18 Å². The summed E-state index contributed by atoms with van der Waals surface area (Å²) < 4.78 is 38.2. The van der Waals surface area contributed by atoms with Crippen molar-refractivity contribution in [1.29, 1.82) is 0 Å². The minimum absolute atomic E-state index is 0.0417. The van der Waals surface area contributed by atoms with Crippen LogP contribution in [0.25, 0.3) is 0 Å². The monoisotopic (exact) mass is 393 g/mol. The number of halogens is 5. The summed E-state index contributed by atoms with van der Waals surface area (Å²) >= 11 is 12.9. The average molecular weight is 394 g/mol. The van der Waals surface area contributed by atoms with E-state index >= 15 is 0 Å². The van der Waals surface area contributed by atoms with E-state index in [1.165, 1.54) is 11.8 Å². The SMILES string of the molecule is C[C@@H](Sc1ccc(Cl)cc1)C(=O)Nc1cc(C(F)(F)F)ccc1Cl. The zero-order chi connectivity index (χ0) is 17.9. The predicted molar refractivity (Wildman–Crippen MR) is 91.9 cm³/mol. The number of rotatable bonds is 4. The molecule has 0 aliphatic heterocycles. The molecule has 1 atom stereocenters. The molecular formula is C16H12Cl2F3NOS. The van der Waals surface area contributed by atoms with E-state index < -0.39 is 22.9 Å². The van der Waals surface area contributed by atoms with Crippen LogP contribution in [0.5, 0.6) is 0 Å². The molecule has 0 saturated heterocycles. The summed E-state index contributed by atoms with van der Waals surface area (Å²) in [5.41, 5.74) is -0.944. The third kappa shape index (κ3) is 5.06. The number of amides is 1. The Morgan fingerprint density at radius 3 is 2.33 bits per heavy atom. The van der Waals surface area contributed by atoms with Crippen LogP contribution in [0, 0.1) is 0 Å². The molecule has 0 aliphatic carbocycles. The molecule has 0 bridgehead atoms. The summed E-state index contributed by atoms with van der Waals surface area (Å²) in [5.74, 6) is -0.448. The van der Waals surface area contributed by atoms with Crippen molar-refractivity contribution < 1.29 is 18.0 Å². The molecule has 8 heteroatoms. The van der Waals surface area contributed by atoms with Gasteiger partial charge in [-0.25, -0.2) is 0 Å². The normalized spacial score (nSPS) is 12.8. The first-order valence-corrected chi connectivity index (χ1v) is 8.40. The Morgan fingerprint density at radius 1 is 1.12 bits per heavy atom. The second-order valence-electron chi connectivity index (χ2n) is 4.90. The Balaban J connectivity index is 2.09. The third-order valence-corrected chi connectivity index (χ3v) is 4.74. The van der Waals surface area contributed by atoms with Gasteiger partial charge < -0.3 is 5.32 Å². The van der Waals surface area contributed by atoms with Crippen LogP contribution >= 0.6 is 35.0 Å². The van der Waals surface area contributed by atoms with Gasteiger partial charge in [-0.3, -0.25) is 4.79 Å². The van der Waals surface area contributed by atoms with Crippen LogP contribution in [-0.4, -0.2) is 11.2 Å². The lowest BCUT2D eigenvalue weighted by Gasteiger charge is -2.15. The summed E-state index contributed by atoms with van der Waals surface area (Å²) in [6.07, 6.45) is -4.51. The summed E-state index contributed by atoms with van der Waals surface area (Å²) in [6, 6.07) is 9.69. The first-order chi connectivity index (χ1) is 11.2. The quantitative estimate of drug-likeness (QED) is 0.632. The highest BCUT2D eigenvalue weighted by atomic mass is 35.5. The number of anilines is 1. The largest absolute Gasteiger partial charge is 0.416 e. The molecular weight excluding hydrogens is 382 g/mol. The van der Waals surface area contributed by atoms with E-state index in [2.05, 4.69) is 5.32 Å². The lowest BCUT2D eigenvalue weighted by atomic mass is 10.2. The van der Waals surface area contributed by atoms with Gasteiger partial charge in [0.1, 0.15) is 0 Å². The Kier molecular flexibility index (Phi) is 6.06. The van der Waals surface area contributed by atoms with Crippen LogP contribution in [0.4, 0.5) is 18.9 Å². The molecule has 0 radical (unpaired) electrons. The first-order valence-electron chi connectivity index (χ1n) is 6.76. The molecule has 0 aliphatic rings. The molecule has 0 aromatic heterocycles. The zero-order valence-corrected chi connectivity index (χ0v) is 14.7. The van der Waals surface area contributed by atoms with Gasteiger partial charge in [-0.05, 0) is 49.4 Å². The van der Waals surface area contributed by atoms with E-state index in [9.17, 15) is 18.0 Å². The Labute approximate surface area is 151 Å². The van der Waals surface area contributed by atoms with Gasteiger partial charge in [-0.1, -0.05) is 23.2 Å². The topological polar surface area (TPSA) is 29.1 Å². The number of thioether (sulfide) groups is 1. The van der Waals surface area contributed by atoms with Crippen molar-refractivity contribution in [3.8, 4) is 0 Å². The number of carbonyl (C=O) groups is 1. The molecule has 24 heavy (non-hydrogen) atoms. The van der Waals surface area contributed by atoms with E-state index in [-0.39, 0.29) is 10.7 Å². The fourth-order valence-corrected chi connectivity index (χ4v) is 2.96. The first kappa shape index (κ1) is 19.0. The number of alkyl halides is 3. The van der Waals surface area contributed by atoms with E-state index in [0.717, 1.165) is 23.1 Å². The van der Waals surface area contributed by atoms with Crippen molar-refractivity contribution >= 4 is 46.6 Å². The Bertz CT molecular complexity index is 735. The molecule has 0 heterocycles. The molecule has 0 unspecified atom stereocenters. The Hall–Kier alpha value is -1.37. The summed E-state index contributed by atoms with van der Waals surface area (Å²) in [5, 5.41) is 2.52. The number of carbonyl (C=O) groups excluding carboxylic acids is 1. The van der Waals surface area contributed by atoms with Crippen LogP contribution in [0.15, 0.2) is 47.4 Å². The fourth-order valence-electron chi connectivity index (χ4n) is 1.80. The minimum atomic E-state index is -4.51.